The summed E-state index contributed by atoms with van der Waals surface area (Å²) in [6, 6.07) is 6.91. The molecule has 1 aliphatic heterocycles. The Kier molecular flexibility index (Phi) is 3.68. The zero-order valence-electron chi connectivity index (χ0n) is 11.3. The number of carbonyl (C=O) groups excluding carboxylic acids is 1. The molecule has 0 saturated carbocycles. The number of rotatable bonds is 3. The molecule has 0 spiro atoms. The lowest BCUT2D eigenvalue weighted by molar-refractivity contribution is 0.0872. The highest BCUT2D eigenvalue weighted by molar-refractivity contribution is 6.04. The molecule has 2 heterocycles. The Morgan fingerprint density at radius 3 is 2.95 bits per heavy atom. The van der Waals surface area contributed by atoms with Gasteiger partial charge in [-0.1, -0.05) is 18.2 Å². The standard InChI is InChI=1S/C15H15N3O3/c19-14-12-7-2-1-6-11(12)13(17-18-14)15(20)16-9-10-5-3-4-8-21-10/h1-2,4,6-8,10H,3,5,9H2,(H,16,20)(H,18,19)/t10-/m1/s1. The molecule has 21 heavy (non-hydrogen) atoms. The van der Waals surface area contributed by atoms with Crippen LogP contribution in [0.5, 0.6) is 0 Å². The minimum Gasteiger partial charge on any atom is -0.497 e. The molecular formula is C15H15N3O3. The van der Waals surface area contributed by atoms with E-state index in [1.165, 1.54) is 0 Å². The maximum absolute atomic E-state index is 12.2. The zero-order chi connectivity index (χ0) is 14.7. The molecule has 0 fully saturated rings. The Labute approximate surface area is 120 Å². The van der Waals surface area contributed by atoms with Crippen LogP contribution < -0.4 is 10.9 Å². The van der Waals surface area contributed by atoms with Crippen LogP contribution in [0.1, 0.15) is 23.3 Å². The Balaban J connectivity index is 1.80. The molecule has 0 bridgehead atoms. The number of carbonyl (C=O) groups is 1. The molecule has 0 saturated heterocycles. The first-order chi connectivity index (χ1) is 10.3. The molecule has 6 nitrogen and oxygen atoms in total. The smallest absolute Gasteiger partial charge is 0.272 e. The molecule has 0 radical (unpaired) electrons. The van der Waals surface area contributed by atoms with Gasteiger partial charge in [0.15, 0.2) is 5.69 Å². The second kappa shape index (κ2) is 5.78. The predicted octanol–water partition coefficient (Wildman–Crippen LogP) is 1.35. The number of ether oxygens (including phenoxy) is 1. The third-order valence-corrected chi connectivity index (χ3v) is 3.42. The van der Waals surface area contributed by atoms with Gasteiger partial charge in [0.25, 0.3) is 11.5 Å². The molecular weight excluding hydrogens is 270 g/mol. The van der Waals surface area contributed by atoms with E-state index in [4.69, 9.17) is 4.74 Å². The van der Waals surface area contributed by atoms with Gasteiger partial charge in [0.1, 0.15) is 6.10 Å². The van der Waals surface area contributed by atoms with E-state index in [1.54, 1.807) is 30.5 Å². The SMILES string of the molecule is O=C(NC[C@H]1CCC=CO1)c1n[nH]c(=O)c2ccccc12. The molecule has 1 aromatic heterocycles. The highest BCUT2D eigenvalue weighted by Gasteiger charge is 2.16. The lowest BCUT2D eigenvalue weighted by Gasteiger charge is -2.19. The van der Waals surface area contributed by atoms with E-state index in [1.807, 2.05) is 6.08 Å². The molecule has 1 aromatic carbocycles. The number of fused-ring (bicyclic) bond motifs is 1. The lowest BCUT2D eigenvalue weighted by atomic mass is 10.1. The van der Waals surface area contributed by atoms with Crippen molar-refractivity contribution < 1.29 is 9.53 Å². The molecule has 2 N–H and O–H groups in total. The van der Waals surface area contributed by atoms with E-state index in [2.05, 4.69) is 15.5 Å². The second-order valence-corrected chi connectivity index (χ2v) is 4.86. The topological polar surface area (TPSA) is 84.1 Å². The average Bonchev–Trinajstić information content (AvgIpc) is 2.54. The second-order valence-electron chi connectivity index (χ2n) is 4.86. The monoisotopic (exact) mass is 285 g/mol. The Hall–Kier alpha value is -2.63. The van der Waals surface area contributed by atoms with Crippen molar-refractivity contribution in [3.05, 3.63) is 52.7 Å². The van der Waals surface area contributed by atoms with E-state index >= 15 is 0 Å². The van der Waals surface area contributed by atoms with Crippen LogP contribution in [0.3, 0.4) is 0 Å². The summed E-state index contributed by atoms with van der Waals surface area (Å²) in [6.45, 7) is 0.415. The summed E-state index contributed by atoms with van der Waals surface area (Å²) in [5.74, 6) is -0.319. The molecule has 6 heteroatoms. The van der Waals surface area contributed by atoms with Crippen LogP contribution in [0.4, 0.5) is 0 Å². The molecule has 2 aromatic rings. The van der Waals surface area contributed by atoms with Crippen molar-refractivity contribution in [3.8, 4) is 0 Å². The van der Waals surface area contributed by atoms with E-state index in [0.717, 1.165) is 12.8 Å². The van der Waals surface area contributed by atoms with E-state index in [-0.39, 0.29) is 23.3 Å². The van der Waals surface area contributed by atoms with Crippen molar-refractivity contribution in [2.24, 2.45) is 0 Å². The summed E-state index contributed by atoms with van der Waals surface area (Å²) in [6.07, 6.45) is 5.41. The van der Waals surface area contributed by atoms with Crippen molar-refractivity contribution in [1.82, 2.24) is 15.5 Å². The van der Waals surface area contributed by atoms with Gasteiger partial charge in [-0.25, -0.2) is 5.10 Å². The fourth-order valence-electron chi connectivity index (χ4n) is 2.31. The van der Waals surface area contributed by atoms with Gasteiger partial charge in [0, 0.05) is 5.39 Å². The minimum absolute atomic E-state index is 0.0204. The Bertz CT molecular complexity index is 751. The van der Waals surface area contributed by atoms with Crippen LogP contribution in [0, 0.1) is 0 Å². The van der Waals surface area contributed by atoms with Gasteiger partial charge in [-0.2, -0.15) is 5.10 Å². The number of nitrogens with zero attached hydrogens (tertiary/aromatic N) is 1. The summed E-state index contributed by atoms with van der Waals surface area (Å²) < 4.78 is 5.40. The van der Waals surface area contributed by atoms with E-state index in [0.29, 0.717) is 17.3 Å². The largest absolute Gasteiger partial charge is 0.497 e. The molecule has 1 amide bonds. The quantitative estimate of drug-likeness (QED) is 0.891. The Morgan fingerprint density at radius 1 is 1.38 bits per heavy atom. The summed E-state index contributed by atoms with van der Waals surface area (Å²) in [5, 5.41) is 10.0. The van der Waals surface area contributed by atoms with Crippen LogP contribution in [-0.2, 0) is 4.74 Å². The highest BCUT2D eigenvalue weighted by Crippen LogP contribution is 2.13. The van der Waals surface area contributed by atoms with Crippen molar-refractivity contribution in [3.63, 3.8) is 0 Å². The van der Waals surface area contributed by atoms with E-state index in [9.17, 15) is 9.59 Å². The number of hydrogen-bond acceptors (Lipinski definition) is 4. The molecule has 1 atom stereocenters. The normalized spacial score (nSPS) is 17.4. The molecule has 0 aliphatic carbocycles. The fraction of sp³-hybridized carbons (Fsp3) is 0.267. The number of nitrogens with one attached hydrogen (secondary N) is 2. The van der Waals surface area contributed by atoms with E-state index < -0.39 is 0 Å². The summed E-state index contributed by atoms with van der Waals surface area (Å²) in [5.41, 5.74) is -0.0838. The van der Waals surface area contributed by atoms with Gasteiger partial charge in [-0.05, 0) is 25.0 Å². The third-order valence-electron chi connectivity index (χ3n) is 3.42. The number of H-pyrrole nitrogens is 1. The molecule has 3 rings (SSSR count). The van der Waals surface area contributed by atoms with Crippen LogP contribution in [0.15, 0.2) is 41.4 Å². The van der Waals surface area contributed by atoms with Crippen molar-refractivity contribution >= 4 is 16.7 Å². The van der Waals surface area contributed by atoms with Crippen LogP contribution >= 0.6 is 0 Å². The van der Waals surface area contributed by atoms with Crippen LogP contribution in [-0.4, -0.2) is 28.8 Å². The highest BCUT2D eigenvalue weighted by atomic mass is 16.5. The maximum atomic E-state index is 12.2. The first-order valence-electron chi connectivity index (χ1n) is 6.82. The van der Waals surface area contributed by atoms with Crippen molar-refractivity contribution in [1.29, 1.82) is 0 Å². The molecule has 1 aliphatic rings. The summed E-state index contributed by atoms with van der Waals surface area (Å²) in [7, 11) is 0. The van der Waals surface area contributed by atoms with Crippen LogP contribution in [0.2, 0.25) is 0 Å². The van der Waals surface area contributed by atoms with Gasteiger partial charge in [-0.3, -0.25) is 9.59 Å². The average molecular weight is 285 g/mol. The number of aromatic nitrogens is 2. The predicted molar refractivity (Wildman–Crippen MR) is 77.9 cm³/mol. The maximum Gasteiger partial charge on any atom is 0.272 e. The van der Waals surface area contributed by atoms with Crippen molar-refractivity contribution in [2.45, 2.75) is 18.9 Å². The first kappa shape index (κ1) is 13.4. The van der Waals surface area contributed by atoms with Gasteiger partial charge in [-0.15, -0.1) is 0 Å². The summed E-state index contributed by atoms with van der Waals surface area (Å²) >= 11 is 0. The van der Waals surface area contributed by atoms with Gasteiger partial charge >= 0.3 is 0 Å². The number of allylic oxidation sites excluding steroid dienone is 1. The first-order valence-corrected chi connectivity index (χ1v) is 6.82. The van der Waals surface area contributed by atoms with Gasteiger partial charge < -0.3 is 10.1 Å². The summed E-state index contributed by atoms with van der Waals surface area (Å²) in [4.78, 5) is 23.9. The zero-order valence-corrected chi connectivity index (χ0v) is 11.3. The third kappa shape index (κ3) is 2.79. The van der Waals surface area contributed by atoms with Gasteiger partial charge in [0.2, 0.25) is 0 Å². The van der Waals surface area contributed by atoms with Crippen molar-refractivity contribution in [2.75, 3.05) is 6.54 Å². The lowest BCUT2D eigenvalue weighted by Crippen LogP contribution is -2.34. The van der Waals surface area contributed by atoms with Gasteiger partial charge in [0.05, 0.1) is 18.2 Å². The number of hydrogen-bond donors (Lipinski definition) is 2. The Morgan fingerprint density at radius 2 is 2.19 bits per heavy atom. The minimum atomic E-state index is -0.319. The fourth-order valence-corrected chi connectivity index (χ4v) is 2.31. The number of benzene rings is 1. The number of aromatic amines is 1. The molecule has 108 valence electrons. The number of amides is 1. The molecule has 0 unspecified atom stereocenters. The van der Waals surface area contributed by atoms with Crippen LogP contribution in [0.25, 0.3) is 10.8 Å².